The molecule has 4 heteroatoms. The van der Waals surface area contributed by atoms with Crippen molar-refractivity contribution in [3.05, 3.63) is 12.2 Å². The number of carboxylic acid groups (broad SMARTS) is 1. The number of carboxylic acids is 1. The van der Waals surface area contributed by atoms with E-state index >= 15 is 0 Å². The maximum Gasteiger partial charge on any atom is 0.309 e. The quantitative estimate of drug-likeness (QED) is 0.320. The smallest absolute Gasteiger partial charge is 0.309 e. The van der Waals surface area contributed by atoms with Gasteiger partial charge in [0, 0.05) is 12.3 Å². The fourth-order valence-corrected chi connectivity index (χ4v) is 11.9. The molecule has 5 aliphatic rings. The lowest BCUT2D eigenvalue weighted by Gasteiger charge is -2.72. The van der Waals surface area contributed by atoms with Gasteiger partial charge in [0.05, 0.1) is 5.41 Å². The van der Waals surface area contributed by atoms with Crippen molar-refractivity contribution in [2.45, 2.75) is 119 Å². The summed E-state index contributed by atoms with van der Waals surface area (Å²) in [5.74, 6) is 1.66. The van der Waals surface area contributed by atoms with E-state index in [1.165, 1.54) is 25.7 Å². The van der Waals surface area contributed by atoms with Gasteiger partial charge in [0.25, 0.3) is 0 Å². The number of ether oxygens (including phenoxy) is 1. The first-order valence-electron chi connectivity index (χ1n) is 14.8. The van der Waals surface area contributed by atoms with Gasteiger partial charge in [-0.1, -0.05) is 46.8 Å². The zero-order chi connectivity index (χ0) is 26.3. The van der Waals surface area contributed by atoms with Crippen LogP contribution in [0.2, 0.25) is 0 Å². The fourth-order valence-electron chi connectivity index (χ4n) is 11.9. The van der Waals surface area contributed by atoms with Crippen LogP contribution in [0.5, 0.6) is 0 Å². The molecule has 0 bridgehead atoms. The van der Waals surface area contributed by atoms with E-state index in [4.69, 9.17) is 4.74 Å². The van der Waals surface area contributed by atoms with Crippen LogP contribution in [0.3, 0.4) is 0 Å². The Labute approximate surface area is 219 Å². The molecule has 0 spiro atoms. The Bertz CT molecular complexity index is 952. The number of hydrogen-bond acceptors (Lipinski definition) is 3. The highest BCUT2D eigenvalue weighted by atomic mass is 16.5. The van der Waals surface area contributed by atoms with Gasteiger partial charge in [0.2, 0.25) is 0 Å². The molecule has 0 saturated heterocycles. The molecule has 4 nitrogen and oxygen atoms in total. The molecule has 0 radical (unpaired) electrons. The number of carbonyl (C=O) groups excluding carboxylic acids is 1. The summed E-state index contributed by atoms with van der Waals surface area (Å²) in [4.78, 5) is 24.7. The highest BCUT2D eigenvalue weighted by Crippen LogP contribution is 2.77. The van der Waals surface area contributed by atoms with Crippen LogP contribution in [0.1, 0.15) is 113 Å². The third-order valence-electron chi connectivity index (χ3n) is 13.6. The van der Waals surface area contributed by atoms with Gasteiger partial charge in [0.15, 0.2) is 0 Å². The van der Waals surface area contributed by atoms with E-state index in [1.807, 2.05) is 0 Å². The summed E-state index contributed by atoms with van der Waals surface area (Å²) in [5.41, 5.74) is 0.0860. The molecule has 0 aromatic rings. The monoisotopic (exact) mass is 498 g/mol. The second-order valence-electron chi connectivity index (χ2n) is 14.8. The van der Waals surface area contributed by atoms with Crippen molar-refractivity contribution in [1.29, 1.82) is 0 Å². The molecule has 5 fully saturated rings. The van der Waals surface area contributed by atoms with Crippen LogP contribution in [-0.2, 0) is 14.3 Å². The number of rotatable bonds is 3. The maximum absolute atomic E-state index is 12.8. The van der Waals surface area contributed by atoms with E-state index in [0.29, 0.717) is 23.7 Å². The van der Waals surface area contributed by atoms with Crippen molar-refractivity contribution in [1.82, 2.24) is 0 Å². The Balaban J connectivity index is 1.52. The number of carbonyl (C=O) groups is 2. The Hall–Kier alpha value is -1.32. The number of esters is 1. The van der Waals surface area contributed by atoms with Crippen LogP contribution < -0.4 is 0 Å². The normalized spacial score (nSPS) is 51.5. The van der Waals surface area contributed by atoms with Crippen LogP contribution >= 0.6 is 0 Å². The van der Waals surface area contributed by atoms with Crippen LogP contribution in [0.4, 0.5) is 0 Å². The molecule has 36 heavy (non-hydrogen) atoms. The molecule has 5 unspecified atom stereocenters. The molecule has 0 amide bonds. The van der Waals surface area contributed by atoms with E-state index in [-0.39, 0.29) is 39.7 Å². The zero-order valence-electron chi connectivity index (χ0n) is 23.9. The molecule has 202 valence electrons. The fraction of sp³-hybridized carbons (Fsp3) is 0.875. The molecule has 0 aromatic heterocycles. The van der Waals surface area contributed by atoms with Gasteiger partial charge >= 0.3 is 11.9 Å². The minimum Gasteiger partial charge on any atom is -0.481 e. The summed E-state index contributed by atoms with van der Waals surface area (Å²) in [6, 6.07) is 0. The number of allylic oxidation sites excluding steroid dienone is 2. The Morgan fingerprint density at radius 3 is 2.19 bits per heavy atom. The van der Waals surface area contributed by atoms with Crippen LogP contribution in [0.25, 0.3) is 0 Å². The van der Waals surface area contributed by atoms with E-state index in [9.17, 15) is 14.7 Å². The van der Waals surface area contributed by atoms with Crippen molar-refractivity contribution in [3.8, 4) is 0 Å². The maximum atomic E-state index is 12.8. The third-order valence-corrected chi connectivity index (χ3v) is 13.6. The van der Waals surface area contributed by atoms with E-state index < -0.39 is 11.4 Å². The average molecular weight is 499 g/mol. The lowest BCUT2D eigenvalue weighted by molar-refractivity contribution is -0.250. The van der Waals surface area contributed by atoms with Gasteiger partial charge in [-0.25, -0.2) is 0 Å². The third kappa shape index (κ3) is 3.24. The molecule has 5 rings (SSSR count). The Morgan fingerprint density at radius 2 is 1.56 bits per heavy atom. The van der Waals surface area contributed by atoms with Gasteiger partial charge in [-0.15, -0.1) is 0 Å². The Kier molecular flexibility index (Phi) is 6.09. The van der Waals surface area contributed by atoms with Crippen LogP contribution in [0, 0.1) is 56.7 Å². The zero-order valence-corrected chi connectivity index (χ0v) is 23.9. The first-order chi connectivity index (χ1) is 16.8. The highest BCUT2D eigenvalue weighted by Gasteiger charge is 2.72. The van der Waals surface area contributed by atoms with Gasteiger partial charge in [-0.2, -0.15) is 0 Å². The standard InChI is InChI=1S/C32H50O4/c1-8-9-21-12-17-32(27(34)35)19-18-30(6)22(26(21)32)10-11-24-29(5)15-14-25(36-20(2)33)28(3,4)23(29)13-16-31(24,30)7/h8-9,21-26H,10-19H2,1-7H3,(H,34,35)/b9-8+/t21-,22-,23?,24?,25?,26?,29+,30-,31-,32?/m1/s1. The highest BCUT2D eigenvalue weighted by molar-refractivity contribution is 5.76. The molecule has 5 saturated carbocycles. The minimum atomic E-state index is -0.532. The molecule has 0 aromatic carbocycles. The summed E-state index contributed by atoms with van der Waals surface area (Å²) in [6.45, 7) is 16.1. The predicted octanol–water partition coefficient (Wildman–Crippen LogP) is 7.66. The van der Waals surface area contributed by atoms with Crippen LogP contribution in [-0.4, -0.2) is 23.1 Å². The lowest BCUT2D eigenvalue weighted by Crippen LogP contribution is -2.67. The number of hydrogen-bond donors (Lipinski definition) is 1. The topological polar surface area (TPSA) is 63.6 Å². The molecule has 0 heterocycles. The van der Waals surface area contributed by atoms with E-state index in [1.54, 1.807) is 6.92 Å². The number of fused-ring (bicyclic) bond motifs is 7. The van der Waals surface area contributed by atoms with Gasteiger partial charge in [0.1, 0.15) is 6.10 Å². The molecular formula is C32H50O4. The van der Waals surface area contributed by atoms with Gasteiger partial charge < -0.3 is 9.84 Å². The minimum absolute atomic E-state index is 0.00954. The predicted molar refractivity (Wildman–Crippen MR) is 142 cm³/mol. The molecule has 5 aliphatic carbocycles. The Morgan fingerprint density at radius 1 is 0.833 bits per heavy atom. The summed E-state index contributed by atoms with van der Waals surface area (Å²) < 4.78 is 5.88. The summed E-state index contributed by atoms with van der Waals surface area (Å²) in [7, 11) is 0. The summed E-state index contributed by atoms with van der Waals surface area (Å²) in [5, 5.41) is 10.5. The van der Waals surface area contributed by atoms with Crippen LogP contribution in [0.15, 0.2) is 12.2 Å². The SMILES string of the molecule is C/C=C/[C@@H]1CCC2(C(=O)O)CC[C@]3(C)[C@H](CCC4[C@@]5(C)CCC(OC(C)=O)C(C)(C)C5CC[C@]43C)C12. The molecule has 1 N–H and O–H groups in total. The van der Waals surface area contributed by atoms with Crippen molar-refractivity contribution in [3.63, 3.8) is 0 Å². The van der Waals surface area contributed by atoms with E-state index in [2.05, 4.69) is 53.7 Å². The van der Waals surface area contributed by atoms with E-state index in [0.717, 1.165) is 38.5 Å². The molecule has 10 atom stereocenters. The summed E-state index contributed by atoms with van der Waals surface area (Å²) in [6.07, 6.45) is 15.1. The first kappa shape index (κ1) is 26.3. The molecule has 0 aliphatic heterocycles. The second-order valence-corrected chi connectivity index (χ2v) is 14.8. The van der Waals surface area contributed by atoms with Gasteiger partial charge in [-0.05, 0) is 117 Å². The lowest BCUT2D eigenvalue weighted by atomic mass is 9.32. The summed E-state index contributed by atoms with van der Waals surface area (Å²) >= 11 is 0. The first-order valence-corrected chi connectivity index (χ1v) is 14.8. The average Bonchev–Trinajstić information content (AvgIpc) is 3.16. The van der Waals surface area contributed by atoms with Crippen molar-refractivity contribution >= 4 is 11.9 Å². The van der Waals surface area contributed by atoms with Gasteiger partial charge in [-0.3, -0.25) is 9.59 Å². The van der Waals surface area contributed by atoms with Crippen molar-refractivity contribution in [2.24, 2.45) is 56.7 Å². The molecular weight excluding hydrogens is 448 g/mol. The second kappa shape index (κ2) is 8.34. The number of aliphatic carboxylic acids is 1. The van der Waals surface area contributed by atoms with Crippen molar-refractivity contribution in [2.75, 3.05) is 0 Å². The van der Waals surface area contributed by atoms with Crippen molar-refractivity contribution < 1.29 is 19.4 Å². The largest absolute Gasteiger partial charge is 0.481 e.